The summed E-state index contributed by atoms with van der Waals surface area (Å²) < 4.78 is 37.7. The minimum Gasteiger partial charge on any atom is -0.325 e. The first-order valence-corrected chi connectivity index (χ1v) is 5.33. The number of nitrogens with two attached hydrogens (primary N) is 1. The summed E-state index contributed by atoms with van der Waals surface area (Å²) in [7, 11) is 0. The highest BCUT2D eigenvalue weighted by Gasteiger charge is 2.30. The molecule has 18 heavy (non-hydrogen) atoms. The Morgan fingerprint density at radius 3 is 2.39 bits per heavy atom. The number of halogens is 3. The van der Waals surface area contributed by atoms with Crippen LogP contribution in [0.1, 0.15) is 11.3 Å². The van der Waals surface area contributed by atoms with Crippen LogP contribution < -0.4 is 5.73 Å². The quantitative estimate of drug-likeness (QED) is 0.891. The van der Waals surface area contributed by atoms with Crippen molar-refractivity contribution in [3.05, 3.63) is 53.9 Å². The number of alkyl halides is 3. The van der Waals surface area contributed by atoms with Crippen molar-refractivity contribution in [2.45, 2.75) is 12.7 Å². The highest BCUT2D eigenvalue weighted by Crippen LogP contribution is 2.31. The minimum atomic E-state index is -4.33. The monoisotopic (exact) mass is 252 g/mol. The molecule has 0 saturated heterocycles. The summed E-state index contributed by atoms with van der Waals surface area (Å²) in [4.78, 5) is 4.06. The summed E-state index contributed by atoms with van der Waals surface area (Å²) >= 11 is 0. The lowest BCUT2D eigenvalue weighted by Gasteiger charge is -2.08. The lowest BCUT2D eigenvalue weighted by Crippen LogP contribution is -2.04. The summed E-state index contributed by atoms with van der Waals surface area (Å²) in [6, 6.07) is 8.58. The van der Waals surface area contributed by atoms with Crippen LogP contribution in [-0.2, 0) is 12.7 Å². The molecule has 0 bridgehead atoms. The van der Waals surface area contributed by atoms with Crippen LogP contribution in [0, 0.1) is 0 Å². The van der Waals surface area contributed by atoms with E-state index in [1.165, 1.54) is 12.3 Å². The number of hydrogen-bond acceptors (Lipinski definition) is 2. The summed E-state index contributed by atoms with van der Waals surface area (Å²) in [5.74, 6) is 0. The van der Waals surface area contributed by atoms with E-state index in [1.54, 1.807) is 18.2 Å². The van der Waals surface area contributed by atoms with E-state index >= 15 is 0 Å². The molecule has 1 aromatic carbocycles. The standard InChI is InChI=1S/C13H11F3N2/c14-13(15,16)11-3-1-2-9(6-11)10-4-5-12(7-17)18-8-10/h1-6,8H,7,17H2. The molecule has 0 amide bonds. The number of rotatable bonds is 2. The molecule has 94 valence electrons. The molecule has 0 saturated carbocycles. The summed E-state index contributed by atoms with van der Waals surface area (Å²) in [6.45, 7) is 0.308. The molecule has 0 aliphatic carbocycles. The molecule has 0 fully saturated rings. The van der Waals surface area contributed by atoms with Gasteiger partial charge in [-0.3, -0.25) is 4.98 Å². The number of pyridine rings is 1. The number of aromatic nitrogens is 1. The van der Waals surface area contributed by atoms with E-state index in [0.29, 0.717) is 23.4 Å². The highest BCUT2D eigenvalue weighted by molar-refractivity contribution is 5.63. The number of nitrogens with zero attached hydrogens (tertiary/aromatic N) is 1. The van der Waals surface area contributed by atoms with Gasteiger partial charge in [-0.05, 0) is 23.8 Å². The van der Waals surface area contributed by atoms with Crippen molar-refractivity contribution in [1.82, 2.24) is 4.98 Å². The molecular formula is C13H11F3N2. The Balaban J connectivity index is 2.38. The molecule has 0 atom stereocenters. The molecule has 0 radical (unpaired) electrons. The van der Waals surface area contributed by atoms with Crippen LogP contribution in [0.3, 0.4) is 0 Å². The maximum absolute atomic E-state index is 12.6. The second-order valence-corrected chi connectivity index (χ2v) is 3.82. The van der Waals surface area contributed by atoms with Crippen molar-refractivity contribution in [2.75, 3.05) is 0 Å². The smallest absolute Gasteiger partial charge is 0.325 e. The van der Waals surface area contributed by atoms with Gasteiger partial charge in [0.25, 0.3) is 0 Å². The van der Waals surface area contributed by atoms with Crippen molar-refractivity contribution in [1.29, 1.82) is 0 Å². The zero-order chi connectivity index (χ0) is 13.2. The number of hydrogen-bond donors (Lipinski definition) is 1. The van der Waals surface area contributed by atoms with E-state index in [9.17, 15) is 13.2 Å². The Labute approximate surface area is 102 Å². The predicted octanol–water partition coefficient (Wildman–Crippen LogP) is 3.23. The summed E-state index contributed by atoms with van der Waals surface area (Å²) in [5, 5.41) is 0. The van der Waals surface area contributed by atoms with E-state index in [1.807, 2.05) is 0 Å². The predicted molar refractivity (Wildman–Crippen MR) is 62.6 cm³/mol. The molecule has 0 unspecified atom stereocenters. The molecule has 0 spiro atoms. The van der Waals surface area contributed by atoms with E-state index in [4.69, 9.17) is 5.73 Å². The number of benzene rings is 1. The topological polar surface area (TPSA) is 38.9 Å². The third-order valence-corrected chi connectivity index (χ3v) is 2.56. The Morgan fingerprint density at radius 1 is 1.06 bits per heavy atom. The molecule has 1 heterocycles. The molecule has 2 rings (SSSR count). The van der Waals surface area contributed by atoms with Gasteiger partial charge >= 0.3 is 6.18 Å². The van der Waals surface area contributed by atoms with Crippen LogP contribution in [0.25, 0.3) is 11.1 Å². The first kappa shape index (κ1) is 12.6. The molecule has 2 nitrogen and oxygen atoms in total. The van der Waals surface area contributed by atoms with Crippen LogP contribution in [0.4, 0.5) is 13.2 Å². The summed E-state index contributed by atoms with van der Waals surface area (Å²) in [5.41, 5.74) is 6.57. The first-order chi connectivity index (χ1) is 8.50. The van der Waals surface area contributed by atoms with Gasteiger partial charge in [-0.2, -0.15) is 13.2 Å². The van der Waals surface area contributed by atoms with Crippen molar-refractivity contribution in [2.24, 2.45) is 5.73 Å². The zero-order valence-electron chi connectivity index (χ0n) is 9.41. The normalized spacial score (nSPS) is 11.6. The average molecular weight is 252 g/mol. The Morgan fingerprint density at radius 2 is 1.83 bits per heavy atom. The Kier molecular flexibility index (Phi) is 3.34. The van der Waals surface area contributed by atoms with Crippen molar-refractivity contribution in [3.63, 3.8) is 0 Å². The highest BCUT2D eigenvalue weighted by atomic mass is 19.4. The van der Waals surface area contributed by atoms with E-state index < -0.39 is 11.7 Å². The van der Waals surface area contributed by atoms with Crippen LogP contribution in [0.5, 0.6) is 0 Å². The SMILES string of the molecule is NCc1ccc(-c2cccc(C(F)(F)F)c2)cn1. The van der Waals surface area contributed by atoms with Crippen molar-refractivity contribution >= 4 is 0 Å². The van der Waals surface area contributed by atoms with Crippen molar-refractivity contribution < 1.29 is 13.2 Å². The van der Waals surface area contributed by atoms with E-state index in [-0.39, 0.29) is 0 Å². The van der Waals surface area contributed by atoms with Crippen molar-refractivity contribution in [3.8, 4) is 11.1 Å². The lowest BCUT2D eigenvalue weighted by atomic mass is 10.0. The third kappa shape index (κ3) is 2.68. The fraction of sp³-hybridized carbons (Fsp3) is 0.154. The van der Waals surface area contributed by atoms with E-state index in [2.05, 4.69) is 4.98 Å². The van der Waals surface area contributed by atoms with Gasteiger partial charge in [0.05, 0.1) is 11.3 Å². The van der Waals surface area contributed by atoms with Gasteiger partial charge in [0, 0.05) is 18.3 Å². The van der Waals surface area contributed by atoms with Gasteiger partial charge in [-0.1, -0.05) is 18.2 Å². The van der Waals surface area contributed by atoms with Gasteiger partial charge in [-0.25, -0.2) is 0 Å². The second-order valence-electron chi connectivity index (χ2n) is 3.82. The van der Waals surface area contributed by atoms with Crippen LogP contribution in [0.2, 0.25) is 0 Å². The molecule has 2 aromatic rings. The maximum atomic E-state index is 12.6. The third-order valence-electron chi connectivity index (χ3n) is 2.56. The summed E-state index contributed by atoms with van der Waals surface area (Å²) in [6.07, 6.45) is -2.81. The Hall–Kier alpha value is -1.88. The largest absolute Gasteiger partial charge is 0.416 e. The Bertz CT molecular complexity index is 533. The van der Waals surface area contributed by atoms with Gasteiger partial charge in [-0.15, -0.1) is 0 Å². The van der Waals surface area contributed by atoms with Gasteiger partial charge in [0.2, 0.25) is 0 Å². The van der Waals surface area contributed by atoms with Gasteiger partial charge < -0.3 is 5.73 Å². The van der Waals surface area contributed by atoms with Gasteiger partial charge in [0.15, 0.2) is 0 Å². The van der Waals surface area contributed by atoms with Crippen LogP contribution in [-0.4, -0.2) is 4.98 Å². The minimum absolute atomic E-state index is 0.308. The molecule has 5 heteroatoms. The molecule has 2 N–H and O–H groups in total. The first-order valence-electron chi connectivity index (χ1n) is 5.33. The molecule has 0 aliphatic rings. The zero-order valence-corrected chi connectivity index (χ0v) is 9.41. The molecule has 1 aromatic heterocycles. The average Bonchev–Trinajstić information content (AvgIpc) is 2.38. The molecule has 0 aliphatic heterocycles. The fourth-order valence-corrected chi connectivity index (χ4v) is 1.59. The van der Waals surface area contributed by atoms with Gasteiger partial charge in [0.1, 0.15) is 0 Å². The maximum Gasteiger partial charge on any atom is 0.416 e. The van der Waals surface area contributed by atoms with Crippen LogP contribution in [0.15, 0.2) is 42.6 Å². The second kappa shape index (κ2) is 4.78. The van der Waals surface area contributed by atoms with Crippen LogP contribution >= 0.6 is 0 Å². The van der Waals surface area contributed by atoms with E-state index in [0.717, 1.165) is 12.1 Å². The lowest BCUT2D eigenvalue weighted by molar-refractivity contribution is -0.137. The molecular weight excluding hydrogens is 241 g/mol. The fourth-order valence-electron chi connectivity index (χ4n) is 1.59.